The van der Waals surface area contributed by atoms with Crippen molar-refractivity contribution in [2.45, 2.75) is 58.3 Å². The summed E-state index contributed by atoms with van der Waals surface area (Å²) in [6.07, 6.45) is 9.15. The summed E-state index contributed by atoms with van der Waals surface area (Å²) < 4.78 is 0. The Bertz CT molecular complexity index is 183. The molecule has 1 fully saturated rings. The summed E-state index contributed by atoms with van der Waals surface area (Å²) in [6.45, 7) is 2.83. The molecule has 0 heterocycles. The molecule has 2 N–H and O–H groups in total. The Kier molecular flexibility index (Phi) is 5.92. The lowest BCUT2D eigenvalue weighted by Crippen LogP contribution is -2.17. The van der Waals surface area contributed by atoms with Crippen molar-refractivity contribution >= 4 is 5.78 Å². The van der Waals surface area contributed by atoms with E-state index >= 15 is 0 Å². The summed E-state index contributed by atoms with van der Waals surface area (Å²) in [6, 6.07) is 0. The monoisotopic (exact) mass is 211 g/mol. The Hall–Kier alpha value is -0.370. The lowest BCUT2D eigenvalue weighted by atomic mass is 9.91. The van der Waals surface area contributed by atoms with Crippen molar-refractivity contribution in [3.05, 3.63) is 0 Å². The molecule has 0 aromatic carbocycles. The SMILES string of the molecule is CC(CN)CCC(=O)C1CCCCCC1. The largest absolute Gasteiger partial charge is 0.330 e. The first kappa shape index (κ1) is 12.7. The van der Waals surface area contributed by atoms with Gasteiger partial charge in [-0.3, -0.25) is 4.79 Å². The van der Waals surface area contributed by atoms with Gasteiger partial charge in [-0.25, -0.2) is 0 Å². The molecule has 0 bridgehead atoms. The minimum absolute atomic E-state index is 0.373. The van der Waals surface area contributed by atoms with Crippen LogP contribution in [0.1, 0.15) is 58.3 Å². The van der Waals surface area contributed by atoms with Crippen LogP contribution in [-0.4, -0.2) is 12.3 Å². The minimum Gasteiger partial charge on any atom is -0.330 e. The molecule has 15 heavy (non-hydrogen) atoms. The summed E-state index contributed by atoms with van der Waals surface area (Å²) in [7, 11) is 0. The van der Waals surface area contributed by atoms with Crippen LogP contribution in [0.3, 0.4) is 0 Å². The van der Waals surface area contributed by atoms with E-state index in [1.807, 2.05) is 0 Å². The van der Waals surface area contributed by atoms with E-state index in [1.165, 1.54) is 25.7 Å². The van der Waals surface area contributed by atoms with Crippen LogP contribution in [-0.2, 0) is 4.79 Å². The summed E-state index contributed by atoms with van der Waals surface area (Å²) in [4.78, 5) is 11.9. The number of ketones is 1. The number of rotatable bonds is 5. The van der Waals surface area contributed by atoms with Crippen molar-refractivity contribution in [1.29, 1.82) is 0 Å². The van der Waals surface area contributed by atoms with Crippen LogP contribution >= 0.6 is 0 Å². The Morgan fingerprint density at radius 1 is 1.27 bits per heavy atom. The standard InChI is InChI=1S/C13H25NO/c1-11(10-14)8-9-13(15)12-6-4-2-3-5-7-12/h11-12H,2-10,14H2,1H3. The molecule has 1 aliphatic rings. The zero-order chi connectivity index (χ0) is 11.1. The molecule has 0 aliphatic heterocycles. The number of hydrogen-bond donors (Lipinski definition) is 1. The highest BCUT2D eigenvalue weighted by Crippen LogP contribution is 2.25. The van der Waals surface area contributed by atoms with Gasteiger partial charge in [0.05, 0.1) is 0 Å². The Morgan fingerprint density at radius 3 is 2.40 bits per heavy atom. The molecular formula is C13H25NO. The Labute approximate surface area is 93.6 Å². The van der Waals surface area contributed by atoms with E-state index < -0.39 is 0 Å². The molecule has 88 valence electrons. The zero-order valence-corrected chi connectivity index (χ0v) is 10.0. The van der Waals surface area contributed by atoms with Crippen molar-refractivity contribution in [1.82, 2.24) is 0 Å². The average Bonchev–Trinajstić information content (AvgIpc) is 2.53. The third-order valence-corrected chi connectivity index (χ3v) is 3.60. The molecule has 1 saturated carbocycles. The van der Waals surface area contributed by atoms with E-state index in [0.717, 1.165) is 25.7 Å². The molecule has 1 unspecified atom stereocenters. The van der Waals surface area contributed by atoms with Crippen LogP contribution in [0.4, 0.5) is 0 Å². The van der Waals surface area contributed by atoms with Crippen LogP contribution in [0, 0.1) is 11.8 Å². The third-order valence-electron chi connectivity index (χ3n) is 3.60. The molecule has 2 heteroatoms. The first-order valence-corrected chi connectivity index (χ1v) is 6.46. The quantitative estimate of drug-likeness (QED) is 0.710. The number of hydrogen-bond acceptors (Lipinski definition) is 2. The van der Waals surface area contributed by atoms with Gasteiger partial charge in [-0.15, -0.1) is 0 Å². The van der Waals surface area contributed by atoms with Crippen molar-refractivity contribution in [2.75, 3.05) is 6.54 Å². The predicted molar refractivity (Wildman–Crippen MR) is 63.7 cm³/mol. The molecule has 0 saturated heterocycles. The van der Waals surface area contributed by atoms with Crippen LogP contribution < -0.4 is 5.73 Å². The van der Waals surface area contributed by atoms with Gasteiger partial charge in [-0.05, 0) is 31.7 Å². The number of Topliss-reactive ketones (excluding diaryl/α,β-unsaturated/α-hetero) is 1. The second-order valence-electron chi connectivity index (χ2n) is 5.03. The van der Waals surface area contributed by atoms with E-state index in [2.05, 4.69) is 6.92 Å². The summed E-state index contributed by atoms with van der Waals surface area (Å²) in [5.74, 6) is 1.37. The van der Waals surface area contributed by atoms with Gasteiger partial charge in [0.25, 0.3) is 0 Å². The van der Waals surface area contributed by atoms with E-state index in [-0.39, 0.29) is 0 Å². The number of carbonyl (C=O) groups excluding carboxylic acids is 1. The first-order valence-electron chi connectivity index (χ1n) is 6.46. The van der Waals surface area contributed by atoms with Crippen molar-refractivity contribution < 1.29 is 4.79 Å². The number of carbonyl (C=O) groups is 1. The summed E-state index contributed by atoms with van der Waals surface area (Å²) >= 11 is 0. The Morgan fingerprint density at radius 2 is 1.87 bits per heavy atom. The molecule has 0 aromatic heterocycles. The van der Waals surface area contributed by atoms with Gasteiger partial charge in [0.15, 0.2) is 0 Å². The van der Waals surface area contributed by atoms with Crippen molar-refractivity contribution in [3.8, 4) is 0 Å². The van der Waals surface area contributed by atoms with Crippen LogP contribution in [0.5, 0.6) is 0 Å². The van der Waals surface area contributed by atoms with Crippen LogP contribution in [0.2, 0.25) is 0 Å². The van der Waals surface area contributed by atoms with E-state index in [4.69, 9.17) is 5.73 Å². The third kappa shape index (κ3) is 4.78. The Balaban J connectivity index is 2.25. The van der Waals surface area contributed by atoms with E-state index in [1.54, 1.807) is 0 Å². The molecule has 1 aliphatic carbocycles. The topological polar surface area (TPSA) is 43.1 Å². The maximum atomic E-state index is 11.9. The maximum Gasteiger partial charge on any atom is 0.135 e. The first-order chi connectivity index (χ1) is 7.24. The fraction of sp³-hybridized carbons (Fsp3) is 0.923. The molecule has 0 amide bonds. The van der Waals surface area contributed by atoms with Gasteiger partial charge >= 0.3 is 0 Å². The van der Waals surface area contributed by atoms with Gasteiger partial charge < -0.3 is 5.73 Å². The lowest BCUT2D eigenvalue weighted by Gasteiger charge is -2.14. The zero-order valence-electron chi connectivity index (χ0n) is 10.0. The molecule has 0 radical (unpaired) electrons. The average molecular weight is 211 g/mol. The molecule has 1 rings (SSSR count). The second-order valence-corrected chi connectivity index (χ2v) is 5.03. The van der Waals surface area contributed by atoms with E-state index in [9.17, 15) is 4.79 Å². The summed E-state index contributed by atoms with van der Waals surface area (Å²) in [5.41, 5.74) is 5.55. The lowest BCUT2D eigenvalue weighted by molar-refractivity contribution is -0.123. The fourth-order valence-electron chi connectivity index (χ4n) is 2.31. The second kappa shape index (κ2) is 7.00. The molecular weight excluding hydrogens is 186 g/mol. The van der Waals surface area contributed by atoms with E-state index in [0.29, 0.717) is 24.2 Å². The molecule has 2 nitrogen and oxygen atoms in total. The van der Waals surface area contributed by atoms with Gasteiger partial charge in [-0.2, -0.15) is 0 Å². The van der Waals surface area contributed by atoms with Crippen LogP contribution in [0.15, 0.2) is 0 Å². The van der Waals surface area contributed by atoms with Gasteiger partial charge in [0.2, 0.25) is 0 Å². The van der Waals surface area contributed by atoms with Gasteiger partial charge in [0.1, 0.15) is 5.78 Å². The van der Waals surface area contributed by atoms with Crippen molar-refractivity contribution in [3.63, 3.8) is 0 Å². The van der Waals surface area contributed by atoms with Gasteiger partial charge in [-0.1, -0.05) is 32.6 Å². The fourth-order valence-corrected chi connectivity index (χ4v) is 2.31. The number of nitrogens with two attached hydrogens (primary N) is 1. The predicted octanol–water partition coefficient (Wildman–Crippen LogP) is 2.90. The highest BCUT2D eigenvalue weighted by molar-refractivity contribution is 5.80. The van der Waals surface area contributed by atoms with Gasteiger partial charge in [0, 0.05) is 12.3 Å². The molecule has 0 spiro atoms. The smallest absolute Gasteiger partial charge is 0.135 e. The molecule has 1 atom stereocenters. The maximum absolute atomic E-state index is 11.9. The minimum atomic E-state index is 0.373. The summed E-state index contributed by atoms with van der Waals surface area (Å²) in [5, 5.41) is 0. The van der Waals surface area contributed by atoms with Crippen molar-refractivity contribution in [2.24, 2.45) is 17.6 Å². The highest BCUT2D eigenvalue weighted by Gasteiger charge is 2.19. The molecule has 0 aromatic rings. The van der Waals surface area contributed by atoms with Crippen LogP contribution in [0.25, 0.3) is 0 Å². The highest BCUT2D eigenvalue weighted by atomic mass is 16.1. The normalized spacial score (nSPS) is 20.9.